The minimum atomic E-state index is -3.40. The molecule has 1 aromatic heterocycles. The lowest BCUT2D eigenvalue weighted by Crippen LogP contribution is -2.28. The number of esters is 1. The molecule has 14 heteroatoms. The molecule has 0 aliphatic heterocycles. The standard InChI is InChI=1S/C29H31Cl2F2N3O6S/c1-36(15-18-5-8-21(9-6-18)35-43(2,38)39)16-28(37)41-26(12-22-23(30)13-34-14-24(22)31)20-7-10-25(42-29(32)33)27(11-20)40-17-19-3-4-19/h5-11,13-14,19,26,29,35H,3-4,12,15-17H2,1-2H3. The van der Waals surface area contributed by atoms with E-state index in [1.165, 1.54) is 30.6 Å². The van der Waals surface area contributed by atoms with Crippen LogP contribution in [0.15, 0.2) is 54.9 Å². The maximum atomic E-state index is 13.1. The first-order valence-electron chi connectivity index (χ1n) is 13.3. The normalized spacial score (nSPS) is 14.0. The number of nitrogens with zero attached hydrogens (tertiary/aromatic N) is 2. The van der Waals surface area contributed by atoms with Crippen LogP contribution in [0.25, 0.3) is 0 Å². The molecule has 1 unspecified atom stereocenters. The Hall–Kier alpha value is -3.19. The zero-order chi connectivity index (χ0) is 31.1. The van der Waals surface area contributed by atoms with Crippen LogP contribution < -0.4 is 14.2 Å². The Morgan fingerprint density at radius 3 is 2.37 bits per heavy atom. The van der Waals surface area contributed by atoms with E-state index in [2.05, 4.69) is 14.4 Å². The van der Waals surface area contributed by atoms with E-state index < -0.39 is 28.7 Å². The van der Waals surface area contributed by atoms with Crippen molar-refractivity contribution in [2.75, 3.05) is 31.2 Å². The number of carbonyl (C=O) groups is 1. The van der Waals surface area contributed by atoms with Gasteiger partial charge in [0.1, 0.15) is 6.10 Å². The molecule has 1 atom stereocenters. The van der Waals surface area contributed by atoms with Gasteiger partial charge >= 0.3 is 12.6 Å². The minimum Gasteiger partial charge on any atom is -0.489 e. The largest absolute Gasteiger partial charge is 0.489 e. The molecule has 9 nitrogen and oxygen atoms in total. The molecule has 1 fully saturated rings. The van der Waals surface area contributed by atoms with Crippen molar-refractivity contribution in [1.29, 1.82) is 0 Å². The Morgan fingerprint density at radius 2 is 1.77 bits per heavy atom. The van der Waals surface area contributed by atoms with Crippen molar-refractivity contribution in [1.82, 2.24) is 9.88 Å². The second kappa shape index (κ2) is 14.5. The van der Waals surface area contributed by atoms with Gasteiger partial charge in [-0.1, -0.05) is 41.4 Å². The van der Waals surface area contributed by atoms with Gasteiger partial charge in [0.15, 0.2) is 11.5 Å². The number of hydrogen-bond acceptors (Lipinski definition) is 8. The summed E-state index contributed by atoms with van der Waals surface area (Å²) in [4.78, 5) is 18.8. The average molecular weight is 659 g/mol. The van der Waals surface area contributed by atoms with Gasteiger partial charge in [0.2, 0.25) is 10.0 Å². The van der Waals surface area contributed by atoms with Crippen molar-refractivity contribution < 1.29 is 36.2 Å². The number of ether oxygens (including phenoxy) is 3. The molecule has 1 saturated carbocycles. The van der Waals surface area contributed by atoms with Crippen molar-refractivity contribution in [3.05, 3.63) is 81.6 Å². The minimum absolute atomic E-state index is 0.0849. The Bertz CT molecular complexity index is 1500. The average Bonchev–Trinajstić information content (AvgIpc) is 3.74. The zero-order valence-electron chi connectivity index (χ0n) is 23.4. The number of anilines is 1. The number of benzene rings is 2. The van der Waals surface area contributed by atoms with Gasteiger partial charge in [0, 0.05) is 31.0 Å². The van der Waals surface area contributed by atoms with Crippen LogP contribution in [0, 0.1) is 5.92 Å². The van der Waals surface area contributed by atoms with E-state index in [1.807, 2.05) is 0 Å². The SMILES string of the molecule is CN(CC(=O)OC(Cc1c(Cl)cncc1Cl)c1ccc(OC(F)F)c(OCC2CC2)c1)Cc1ccc(NS(C)(=O)=O)cc1. The van der Waals surface area contributed by atoms with Crippen LogP contribution in [0.2, 0.25) is 10.0 Å². The predicted octanol–water partition coefficient (Wildman–Crippen LogP) is 6.11. The van der Waals surface area contributed by atoms with E-state index in [0.717, 1.165) is 24.7 Å². The number of aromatic nitrogens is 1. The quantitative estimate of drug-likeness (QED) is 0.195. The molecule has 1 heterocycles. The van der Waals surface area contributed by atoms with Crippen molar-refractivity contribution >= 4 is 44.9 Å². The lowest BCUT2D eigenvalue weighted by atomic mass is 10.0. The topological polar surface area (TPSA) is 107 Å². The van der Waals surface area contributed by atoms with E-state index in [9.17, 15) is 22.0 Å². The summed E-state index contributed by atoms with van der Waals surface area (Å²) in [6.07, 6.45) is 5.10. The van der Waals surface area contributed by atoms with Crippen molar-refractivity contribution in [2.24, 2.45) is 5.92 Å². The molecular weight excluding hydrogens is 627 g/mol. The van der Waals surface area contributed by atoms with E-state index in [0.29, 0.717) is 35.9 Å². The van der Waals surface area contributed by atoms with Gasteiger partial charge in [-0.15, -0.1) is 0 Å². The molecule has 1 aliphatic rings. The highest BCUT2D eigenvalue weighted by molar-refractivity contribution is 7.92. The van der Waals surface area contributed by atoms with Gasteiger partial charge in [0.05, 0.1) is 29.5 Å². The fraction of sp³-hybridized carbons (Fsp3) is 0.379. The molecule has 2 aromatic carbocycles. The lowest BCUT2D eigenvalue weighted by Gasteiger charge is -2.23. The summed E-state index contributed by atoms with van der Waals surface area (Å²) >= 11 is 12.7. The highest BCUT2D eigenvalue weighted by Crippen LogP contribution is 2.38. The van der Waals surface area contributed by atoms with Crippen molar-refractivity contribution in [2.45, 2.75) is 38.5 Å². The number of hydrogen-bond donors (Lipinski definition) is 1. The number of pyridine rings is 1. The van der Waals surface area contributed by atoms with E-state index in [1.54, 1.807) is 36.2 Å². The van der Waals surface area contributed by atoms with Gasteiger partial charge in [0.25, 0.3) is 0 Å². The molecule has 1 N–H and O–H groups in total. The van der Waals surface area contributed by atoms with Gasteiger partial charge in [-0.3, -0.25) is 19.4 Å². The predicted molar refractivity (Wildman–Crippen MR) is 159 cm³/mol. The van der Waals surface area contributed by atoms with Crippen LogP contribution in [0.1, 0.15) is 35.6 Å². The molecule has 3 aromatic rings. The summed E-state index contributed by atoms with van der Waals surface area (Å²) in [6.45, 7) is -2.40. The lowest BCUT2D eigenvalue weighted by molar-refractivity contribution is -0.150. The molecule has 232 valence electrons. The molecule has 0 amide bonds. The molecule has 4 rings (SSSR count). The summed E-state index contributed by atoms with van der Waals surface area (Å²) in [7, 11) is -1.66. The number of rotatable bonds is 15. The van der Waals surface area contributed by atoms with Crippen LogP contribution in [-0.2, 0) is 32.5 Å². The molecular formula is C29H31Cl2F2N3O6S. The third-order valence-corrected chi connectivity index (χ3v) is 7.71. The van der Waals surface area contributed by atoms with E-state index in [4.69, 9.17) is 32.7 Å². The molecule has 0 radical (unpaired) electrons. The third-order valence-electron chi connectivity index (χ3n) is 6.45. The monoisotopic (exact) mass is 657 g/mol. The Kier molecular flexibility index (Phi) is 11.0. The second-order valence-electron chi connectivity index (χ2n) is 10.3. The first-order chi connectivity index (χ1) is 20.4. The molecule has 0 saturated heterocycles. The maximum Gasteiger partial charge on any atom is 0.387 e. The molecule has 0 spiro atoms. The molecule has 0 bridgehead atoms. The van der Waals surface area contributed by atoms with Crippen LogP contribution >= 0.6 is 23.2 Å². The van der Waals surface area contributed by atoms with Crippen LogP contribution in [0.3, 0.4) is 0 Å². The molecule has 43 heavy (non-hydrogen) atoms. The van der Waals surface area contributed by atoms with Gasteiger partial charge in [-0.2, -0.15) is 8.78 Å². The highest BCUT2D eigenvalue weighted by Gasteiger charge is 2.26. The first kappa shape index (κ1) is 32.7. The number of nitrogens with one attached hydrogen (secondary N) is 1. The Labute approximate surface area is 259 Å². The molecule has 1 aliphatic carbocycles. The number of sulfonamides is 1. The van der Waals surface area contributed by atoms with Gasteiger partial charge in [-0.05, 0) is 66.8 Å². The first-order valence-corrected chi connectivity index (χ1v) is 15.9. The second-order valence-corrected chi connectivity index (χ2v) is 12.9. The van der Waals surface area contributed by atoms with Gasteiger partial charge in [-0.25, -0.2) is 8.42 Å². The van der Waals surface area contributed by atoms with Crippen LogP contribution in [0.4, 0.5) is 14.5 Å². The third kappa shape index (κ3) is 10.5. The Balaban J connectivity index is 1.51. The Morgan fingerprint density at radius 1 is 1.09 bits per heavy atom. The van der Waals surface area contributed by atoms with E-state index >= 15 is 0 Å². The number of likely N-dealkylation sites (N-methyl/N-ethyl adjacent to an activating group) is 1. The highest BCUT2D eigenvalue weighted by atomic mass is 35.5. The summed E-state index contributed by atoms with van der Waals surface area (Å²) < 4.78 is 67.8. The number of carbonyl (C=O) groups excluding carboxylic acids is 1. The summed E-state index contributed by atoms with van der Waals surface area (Å²) in [5.74, 6) is -0.211. The van der Waals surface area contributed by atoms with Crippen molar-refractivity contribution in [3.63, 3.8) is 0 Å². The number of alkyl halides is 2. The maximum absolute atomic E-state index is 13.1. The number of halogens is 4. The zero-order valence-corrected chi connectivity index (χ0v) is 25.8. The van der Waals surface area contributed by atoms with Crippen LogP contribution in [0.5, 0.6) is 11.5 Å². The fourth-order valence-corrected chi connectivity index (χ4v) is 5.33. The summed E-state index contributed by atoms with van der Waals surface area (Å²) in [5, 5.41) is 0.560. The fourth-order valence-electron chi connectivity index (χ4n) is 4.25. The van der Waals surface area contributed by atoms with Gasteiger partial charge < -0.3 is 14.2 Å². The smallest absolute Gasteiger partial charge is 0.387 e. The summed E-state index contributed by atoms with van der Waals surface area (Å²) in [5.41, 5.74) is 2.24. The van der Waals surface area contributed by atoms with Crippen LogP contribution in [-0.4, -0.2) is 57.3 Å². The van der Waals surface area contributed by atoms with E-state index in [-0.39, 0.29) is 34.5 Å². The summed E-state index contributed by atoms with van der Waals surface area (Å²) in [6, 6.07) is 11.2. The van der Waals surface area contributed by atoms with Crippen molar-refractivity contribution in [3.8, 4) is 11.5 Å².